The van der Waals surface area contributed by atoms with E-state index in [9.17, 15) is 4.79 Å². The van der Waals surface area contributed by atoms with Crippen molar-refractivity contribution in [3.05, 3.63) is 106 Å². The normalized spacial score (nSPS) is 15.0. The van der Waals surface area contributed by atoms with Gasteiger partial charge in [0.1, 0.15) is 5.60 Å². The maximum Gasteiger partial charge on any atom is 0.308 e. The van der Waals surface area contributed by atoms with E-state index < -0.39 is 24.0 Å². The molecule has 0 N–H and O–H groups in total. The summed E-state index contributed by atoms with van der Waals surface area (Å²) in [4.78, 5) is 15.3. The number of hydrogen-bond acceptors (Lipinski definition) is 3. The standard InChI is InChI=1S/C28H32BrNO2/c1-21(23-13-9-6-10-14-23)30(20-22-11-7-5-8-12-22)26(19-27(31)32-28(2,3)4)24-15-17-25(29)18-16-24/h5-18,21,26H,19-20H2,1-4H3/t21-,26+/m0/s1/i19D/t19-,21+,26-/m1. The van der Waals surface area contributed by atoms with Crippen LogP contribution in [-0.4, -0.2) is 16.5 Å². The maximum atomic E-state index is 13.1. The highest BCUT2D eigenvalue weighted by Crippen LogP contribution is 2.35. The molecule has 0 spiro atoms. The van der Waals surface area contributed by atoms with Crippen LogP contribution in [0.25, 0.3) is 0 Å². The fourth-order valence-electron chi connectivity index (χ4n) is 3.70. The van der Waals surface area contributed by atoms with Gasteiger partial charge in [-0.2, -0.15) is 0 Å². The first-order valence-electron chi connectivity index (χ1n) is 11.5. The van der Waals surface area contributed by atoms with Gasteiger partial charge in [-0.3, -0.25) is 9.69 Å². The molecule has 3 rings (SSSR count). The van der Waals surface area contributed by atoms with Gasteiger partial charge in [-0.1, -0.05) is 88.7 Å². The number of carbonyl (C=O) groups is 1. The Labute approximate surface area is 202 Å². The van der Waals surface area contributed by atoms with Gasteiger partial charge < -0.3 is 4.74 Å². The van der Waals surface area contributed by atoms with Gasteiger partial charge in [0, 0.05) is 24.5 Å². The van der Waals surface area contributed by atoms with Crippen LogP contribution in [0, 0.1) is 0 Å². The number of rotatable bonds is 8. The van der Waals surface area contributed by atoms with Crippen LogP contribution in [-0.2, 0) is 16.1 Å². The average Bonchev–Trinajstić information content (AvgIpc) is 2.79. The molecule has 0 saturated heterocycles. The first-order valence-corrected chi connectivity index (χ1v) is 11.7. The lowest BCUT2D eigenvalue weighted by Gasteiger charge is -2.37. The largest absolute Gasteiger partial charge is 0.460 e. The van der Waals surface area contributed by atoms with Crippen molar-refractivity contribution in [2.75, 3.05) is 0 Å². The van der Waals surface area contributed by atoms with Gasteiger partial charge in [-0.25, -0.2) is 0 Å². The topological polar surface area (TPSA) is 29.5 Å². The molecule has 0 bridgehead atoms. The van der Waals surface area contributed by atoms with E-state index in [0.717, 1.165) is 21.2 Å². The number of benzene rings is 3. The minimum atomic E-state index is -1.11. The molecular weight excluding hydrogens is 462 g/mol. The number of nitrogens with zero attached hydrogens (tertiary/aromatic N) is 1. The molecule has 32 heavy (non-hydrogen) atoms. The van der Waals surface area contributed by atoms with Crippen LogP contribution in [0.4, 0.5) is 0 Å². The van der Waals surface area contributed by atoms with Crippen LogP contribution in [0.15, 0.2) is 89.4 Å². The zero-order valence-corrected chi connectivity index (χ0v) is 20.7. The van der Waals surface area contributed by atoms with Crippen molar-refractivity contribution >= 4 is 21.9 Å². The minimum absolute atomic E-state index is 0.0321. The van der Waals surface area contributed by atoms with E-state index in [0.29, 0.717) is 6.54 Å². The van der Waals surface area contributed by atoms with E-state index in [1.54, 1.807) is 0 Å². The van der Waals surface area contributed by atoms with Gasteiger partial charge in [-0.15, -0.1) is 0 Å². The van der Waals surface area contributed by atoms with Crippen molar-refractivity contribution in [3.63, 3.8) is 0 Å². The van der Waals surface area contributed by atoms with Crippen molar-refractivity contribution in [2.24, 2.45) is 0 Å². The summed E-state index contributed by atoms with van der Waals surface area (Å²) < 4.78 is 15.6. The van der Waals surface area contributed by atoms with E-state index in [2.05, 4.69) is 52.0 Å². The molecule has 0 saturated carbocycles. The summed E-state index contributed by atoms with van der Waals surface area (Å²) in [6, 6.07) is 27.8. The lowest BCUT2D eigenvalue weighted by Crippen LogP contribution is -2.34. The second-order valence-electron chi connectivity index (χ2n) is 8.94. The second-order valence-corrected chi connectivity index (χ2v) is 9.86. The van der Waals surface area contributed by atoms with Gasteiger partial charge in [-0.05, 0) is 56.5 Å². The Morgan fingerprint density at radius 3 is 2.06 bits per heavy atom. The summed E-state index contributed by atoms with van der Waals surface area (Å²) in [6.07, 6.45) is -1.11. The predicted octanol–water partition coefficient (Wildman–Crippen LogP) is 7.49. The zero-order chi connectivity index (χ0) is 24.0. The smallest absolute Gasteiger partial charge is 0.308 e. The van der Waals surface area contributed by atoms with Gasteiger partial charge in [0.25, 0.3) is 0 Å². The summed E-state index contributed by atoms with van der Waals surface area (Å²) in [7, 11) is 0. The number of carbonyl (C=O) groups excluding carboxylic acids is 1. The summed E-state index contributed by atoms with van der Waals surface area (Å²) in [6.45, 7) is 8.23. The third-order valence-electron chi connectivity index (χ3n) is 5.26. The molecule has 0 aliphatic heterocycles. The Balaban J connectivity index is 2.08. The molecule has 168 valence electrons. The van der Waals surface area contributed by atoms with Crippen molar-refractivity contribution in [2.45, 2.75) is 58.3 Å². The van der Waals surface area contributed by atoms with Gasteiger partial charge >= 0.3 is 5.97 Å². The molecule has 0 heterocycles. The second kappa shape index (κ2) is 10.9. The Kier molecular flexibility index (Phi) is 7.77. The quantitative estimate of drug-likeness (QED) is 0.303. The fourth-order valence-corrected chi connectivity index (χ4v) is 3.97. The minimum Gasteiger partial charge on any atom is -0.460 e. The monoisotopic (exact) mass is 494 g/mol. The lowest BCUT2D eigenvalue weighted by atomic mass is 9.96. The van der Waals surface area contributed by atoms with Crippen LogP contribution in [0.5, 0.6) is 0 Å². The molecule has 3 aromatic rings. The number of esters is 1. The highest BCUT2D eigenvalue weighted by Gasteiger charge is 2.30. The SMILES string of the molecule is [2H][C@@H](C(=O)OC(C)(C)C)[C@H](c1ccc(Br)cc1)N(Cc1ccccc1)[C@@H](C)c1ccccc1. The van der Waals surface area contributed by atoms with E-state index in [1.807, 2.05) is 81.4 Å². The highest BCUT2D eigenvalue weighted by molar-refractivity contribution is 9.10. The molecule has 0 aliphatic carbocycles. The van der Waals surface area contributed by atoms with Crippen molar-refractivity contribution < 1.29 is 10.9 Å². The molecular formula is C28H32BrNO2. The molecule has 0 aliphatic rings. The Morgan fingerprint density at radius 1 is 0.938 bits per heavy atom. The fraction of sp³-hybridized carbons (Fsp3) is 0.321. The summed E-state index contributed by atoms with van der Waals surface area (Å²) in [5.74, 6) is -0.520. The van der Waals surface area contributed by atoms with Crippen LogP contribution in [0.2, 0.25) is 0 Å². The molecule has 0 fully saturated rings. The summed E-state index contributed by atoms with van der Waals surface area (Å²) >= 11 is 3.50. The van der Waals surface area contributed by atoms with Crippen LogP contribution >= 0.6 is 15.9 Å². The third kappa shape index (κ3) is 7.04. The van der Waals surface area contributed by atoms with E-state index >= 15 is 0 Å². The third-order valence-corrected chi connectivity index (χ3v) is 5.79. The van der Waals surface area contributed by atoms with Crippen molar-refractivity contribution in [1.29, 1.82) is 0 Å². The Bertz CT molecular complexity index is 1020. The van der Waals surface area contributed by atoms with Gasteiger partial charge in [0.15, 0.2) is 0 Å². The molecule has 0 radical (unpaired) electrons. The molecule has 0 amide bonds. The maximum absolute atomic E-state index is 13.1. The lowest BCUT2D eigenvalue weighted by molar-refractivity contribution is -0.156. The van der Waals surface area contributed by atoms with Crippen LogP contribution in [0.3, 0.4) is 0 Å². The number of hydrogen-bond donors (Lipinski definition) is 0. The van der Waals surface area contributed by atoms with E-state index in [-0.39, 0.29) is 6.04 Å². The number of ether oxygens (including phenoxy) is 1. The van der Waals surface area contributed by atoms with Crippen molar-refractivity contribution in [1.82, 2.24) is 4.90 Å². The Morgan fingerprint density at radius 2 is 1.50 bits per heavy atom. The Hall–Kier alpha value is -2.43. The van der Waals surface area contributed by atoms with Crippen LogP contribution < -0.4 is 0 Å². The molecule has 4 heteroatoms. The van der Waals surface area contributed by atoms with E-state index in [1.165, 1.54) is 0 Å². The van der Waals surface area contributed by atoms with E-state index in [4.69, 9.17) is 6.11 Å². The summed E-state index contributed by atoms with van der Waals surface area (Å²) in [5.41, 5.74) is 2.50. The predicted molar refractivity (Wildman–Crippen MR) is 134 cm³/mol. The number of halogens is 1. The molecule has 3 nitrogen and oxygen atoms in total. The van der Waals surface area contributed by atoms with Gasteiger partial charge in [0.05, 0.1) is 6.40 Å². The summed E-state index contributed by atoms with van der Waals surface area (Å²) in [5, 5.41) is 0. The average molecular weight is 495 g/mol. The molecule has 0 unspecified atom stereocenters. The van der Waals surface area contributed by atoms with Gasteiger partial charge in [0.2, 0.25) is 0 Å². The first-order chi connectivity index (χ1) is 15.7. The van der Waals surface area contributed by atoms with Crippen LogP contribution in [0.1, 0.15) is 64.2 Å². The molecule has 0 aromatic heterocycles. The molecule has 3 atom stereocenters. The van der Waals surface area contributed by atoms with Crippen molar-refractivity contribution in [3.8, 4) is 0 Å². The zero-order valence-electron chi connectivity index (χ0n) is 20.2. The molecule has 3 aromatic carbocycles. The first kappa shape index (κ1) is 22.8. The highest BCUT2D eigenvalue weighted by atomic mass is 79.9.